The van der Waals surface area contributed by atoms with Gasteiger partial charge in [0.05, 0.1) is 0 Å². The predicted molar refractivity (Wildman–Crippen MR) is 140 cm³/mol. The summed E-state index contributed by atoms with van der Waals surface area (Å²) in [6.45, 7) is 11.9. The third-order valence-corrected chi connectivity index (χ3v) is 6.87. The molecule has 0 unspecified atom stereocenters. The highest BCUT2D eigenvalue weighted by atomic mass is 16.5. The zero-order valence-corrected chi connectivity index (χ0v) is 21.3. The van der Waals surface area contributed by atoms with Gasteiger partial charge in [-0.05, 0) is 80.4 Å². The molecule has 2 aromatic rings. The van der Waals surface area contributed by atoms with Crippen molar-refractivity contribution in [2.75, 3.05) is 32.7 Å². The van der Waals surface area contributed by atoms with E-state index in [1.54, 1.807) is 0 Å². The van der Waals surface area contributed by atoms with E-state index in [4.69, 9.17) is 4.74 Å². The highest BCUT2D eigenvalue weighted by Crippen LogP contribution is 2.43. The molecule has 4 rings (SSSR count). The summed E-state index contributed by atoms with van der Waals surface area (Å²) in [5, 5.41) is 6.43. The van der Waals surface area contributed by atoms with E-state index in [0.29, 0.717) is 36.7 Å². The van der Waals surface area contributed by atoms with Crippen LogP contribution in [0.2, 0.25) is 0 Å². The van der Waals surface area contributed by atoms with Crippen molar-refractivity contribution in [1.29, 1.82) is 0 Å². The molecule has 35 heavy (non-hydrogen) atoms. The number of nitrogens with one attached hydrogen (secondary N) is 2. The van der Waals surface area contributed by atoms with Gasteiger partial charge in [0, 0.05) is 49.2 Å². The first-order valence-electron chi connectivity index (χ1n) is 12.8. The summed E-state index contributed by atoms with van der Waals surface area (Å²) in [7, 11) is 0. The molecule has 0 aromatic heterocycles. The van der Waals surface area contributed by atoms with Crippen molar-refractivity contribution >= 4 is 17.4 Å². The lowest BCUT2D eigenvalue weighted by molar-refractivity contribution is 0.0772. The van der Waals surface area contributed by atoms with Crippen LogP contribution < -0.4 is 15.4 Å². The van der Waals surface area contributed by atoms with Gasteiger partial charge in [-0.25, -0.2) is 0 Å². The largest absolute Gasteiger partial charge is 0.482 e. The second-order valence-corrected chi connectivity index (χ2v) is 9.84. The van der Waals surface area contributed by atoms with Crippen molar-refractivity contribution in [2.45, 2.75) is 46.1 Å². The van der Waals surface area contributed by atoms with Gasteiger partial charge in [-0.3, -0.25) is 9.59 Å². The van der Waals surface area contributed by atoms with Gasteiger partial charge in [0.1, 0.15) is 11.4 Å². The SMILES string of the molecule is CCN(CC)C(=O)c1ccc(C2=CC3(CCNCC3)Oc3ccc(C(=O)NCC(C)C)cc32)cc1. The Morgan fingerprint density at radius 3 is 2.31 bits per heavy atom. The van der Waals surface area contributed by atoms with Gasteiger partial charge >= 0.3 is 0 Å². The molecule has 2 aromatic carbocycles. The van der Waals surface area contributed by atoms with E-state index in [9.17, 15) is 9.59 Å². The summed E-state index contributed by atoms with van der Waals surface area (Å²) in [6.07, 6.45) is 3.99. The fourth-order valence-corrected chi connectivity index (χ4v) is 4.78. The van der Waals surface area contributed by atoms with Crippen molar-refractivity contribution in [1.82, 2.24) is 15.5 Å². The molecule has 6 heteroatoms. The zero-order chi connectivity index (χ0) is 25.0. The summed E-state index contributed by atoms with van der Waals surface area (Å²) in [5.74, 6) is 1.14. The molecule has 6 nitrogen and oxygen atoms in total. The minimum absolute atomic E-state index is 0.0434. The Morgan fingerprint density at radius 1 is 1.03 bits per heavy atom. The van der Waals surface area contributed by atoms with Crippen molar-refractivity contribution in [3.05, 3.63) is 70.8 Å². The fourth-order valence-electron chi connectivity index (χ4n) is 4.78. The maximum atomic E-state index is 12.8. The van der Waals surface area contributed by atoms with E-state index in [-0.39, 0.29) is 17.4 Å². The summed E-state index contributed by atoms with van der Waals surface area (Å²) < 4.78 is 6.56. The van der Waals surface area contributed by atoms with Crippen molar-refractivity contribution < 1.29 is 14.3 Å². The molecule has 2 aliphatic heterocycles. The normalized spacial score (nSPS) is 16.3. The monoisotopic (exact) mass is 475 g/mol. The van der Waals surface area contributed by atoms with E-state index < -0.39 is 0 Å². The van der Waals surface area contributed by atoms with Crippen LogP contribution in [0.15, 0.2) is 48.5 Å². The van der Waals surface area contributed by atoms with Crippen LogP contribution in [0.1, 0.15) is 72.4 Å². The predicted octanol–water partition coefficient (Wildman–Crippen LogP) is 4.50. The first-order chi connectivity index (χ1) is 16.9. The second-order valence-electron chi connectivity index (χ2n) is 9.84. The smallest absolute Gasteiger partial charge is 0.253 e. The lowest BCUT2D eigenvalue weighted by Gasteiger charge is -2.40. The van der Waals surface area contributed by atoms with Gasteiger partial charge in [-0.2, -0.15) is 0 Å². The summed E-state index contributed by atoms with van der Waals surface area (Å²) in [6, 6.07) is 13.5. The molecule has 0 saturated carbocycles. The summed E-state index contributed by atoms with van der Waals surface area (Å²) in [5.41, 5.74) is 3.91. The molecule has 2 heterocycles. The molecule has 0 radical (unpaired) electrons. The standard InChI is InChI=1S/C29H37N3O3/c1-5-32(6-2)28(34)22-9-7-21(8-10-22)25-18-29(13-15-30-16-14-29)35-26-12-11-23(17-24(25)26)27(33)31-19-20(3)4/h7-12,17-18,20,30H,5-6,13-16,19H2,1-4H3,(H,31,33). The fraction of sp³-hybridized carbons (Fsp3) is 0.448. The second kappa shape index (κ2) is 10.6. The van der Waals surface area contributed by atoms with E-state index in [2.05, 4.69) is 30.6 Å². The molecule has 0 atom stereocenters. The maximum absolute atomic E-state index is 12.8. The number of fused-ring (bicyclic) bond motifs is 1. The third kappa shape index (κ3) is 5.43. The van der Waals surface area contributed by atoms with Crippen LogP contribution in [0.5, 0.6) is 5.75 Å². The maximum Gasteiger partial charge on any atom is 0.253 e. The number of carbonyl (C=O) groups is 2. The summed E-state index contributed by atoms with van der Waals surface area (Å²) in [4.78, 5) is 27.4. The van der Waals surface area contributed by atoms with E-state index >= 15 is 0 Å². The van der Waals surface area contributed by atoms with Gasteiger partial charge in [0.15, 0.2) is 0 Å². The molecular weight excluding hydrogens is 438 g/mol. The lowest BCUT2D eigenvalue weighted by atomic mass is 9.83. The molecule has 2 N–H and O–H groups in total. The zero-order valence-electron chi connectivity index (χ0n) is 21.3. The van der Waals surface area contributed by atoms with E-state index in [0.717, 1.165) is 48.4 Å². The van der Waals surface area contributed by atoms with Crippen LogP contribution in [-0.4, -0.2) is 55.0 Å². The van der Waals surface area contributed by atoms with Crippen LogP contribution in [0.3, 0.4) is 0 Å². The quantitative estimate of drug-likeness (QED) is 0.619. The molecule has 2 amide bonds. The topological polar surface area (TPSA) is 70.7 Å². The number of hydrogen-bond acceptors (Lipinski definition) is 4. The Bertz CT molecular complexity index is 1090. The van der Waals surface area contributed by atoms with Crippen LogP contribution in [0, 0.1) is 5.92 Å². The Balaban J connectivity index is 1.71. The van der Waals surface area contributed by atoms with Crippen molar-refractivity contribution in [3.63, 3.8) is 0 Å². The minimum Gasteiger partial charge on any atom is -0.482 e. The molecule has 1 spiro atoms. The molecule has 1 fully saturated rings. The minimum atomic E-state index is -0.370. The van der Waals surface area contributed by atoms with E-state index in [1.165, 1.54) is 0 Å². The number of nitrogens with zero attached hydrogens (tertiary/aromatic N) is 1. The van der Waals surface area contributed by atoms with Crippen molar-refractivity contribution in [2.24, 2.45) is 5.92 Å². The van der Waals surface area contributed by atoms with Crippen LogP contribution >= 0.6 is 0 Å². The third-order valence-electron chi connectivity index (χ3n) is 6.87. The first kappa shape index (κ1) is 25.0. The first-order valence-corrected chi connectivity index (χ1v) is 12.8. The molecule has 1 saturated heterocycles. The van der Waals surface area contributed by atoms with Gasteiger partial charge in [0.25, 0.3) is 11.8 Å². The van der Waals surface area contributed by atoms with Crippen LogP contribution in [-0.2, 0) is 0 Å². The van der Waals surface area contributed by atoms with Crippen LogP contribution in [0.25, 0.3) is 5.57 Å². The van der Waals surface area contributed by atoms with Crippen LogP contribution in [0.4, 0.5) is 0 Å². The Hall–Kier alpha value is -3.12. The summed E-state index contributed by atoms with van der Waals surface area (Å²) >= 11 is 0. The Kier molecular flexibility index (Phi) is 7.60. The number of rotatable bonds is 7. The highest BCUT2D eigenvalue weighted by molar-refractivity contribution is 5.97. The van der Waals surface area contributed by atoms with Crippen molar-refractivity contribution in [3.8, 4) is 5.75 Å². The average molecular weight is 476 g/mol. The number of carbonyl (C=O) groups excluding carboxylic acids is 2. The highest BCUT2D eigenvalue weighted by Gasteiger charge is 2.37. The Labute approximate surface area is 208 Å². The lowest BCUT2D eigenvalue weighted by Crippen LogP contribution is -2.46. The number of ether oxygens (including phenoxy) is 1. The Morgan fingerprint density at radius 2 is 1.69 bits per heavy atom. The van der Waals surface area contributed by atoms with Gasteiger partial charge in [-0.1, -0.05) is 26.0 Å². The van der Waals surface area contributed by atoms with E-state index in [1.807, 2.05) is 61.2 Å². The van der Waals surface area contributed by atoms with Gasteiger partial charge < -0.3 is 20.3 Å². The molecule has 186 valence electrons. The van der Waals surface area contributed by atoms with Gasteiger partial charge in [-0.15, -0.1) is 0 Å². The number of piperidine rings is 1. The molecule has 2 aliphatic rings. The molecule has 0 bridgehead atoms. The number of benzene rings is 2. The number of amides is 2. The average Bonchev–Trinajstić information content (AvgIpc) is 2.87. The number of hydrogen-bond donors (Lipinski definition) is 2. The molecule has 0 aliphatic carbocycles. The molecular formula is C29H37N3O3. The van der Waals surface area contributed by atoms with Gasteiger partial charge in [0.2, 0.25) is 0 Å².